The van der Waals surface area contributed by atoms with E-state index in [0.717, 1.165) is 6.42 Å². The fourth-order valence-corrected chi connectivity index (χ4v) is 3.95. The van der Waals surface area contributed by atoms with Crippen LogP contribution in [0.2, 0.25) is 0 Å². The van der Waals surface area contributed by atoms with E-state index in [1.807, 2.05) is 6.92 Å². The predicted octanol–water partition coefficient (Wildman–Crippen LogP) is 2.29. The van der Waals surface area contributed by atoms with E-state index in [4.69, 9.17) is 5.14 Å². The van der Waals surface area contributed by atoms with Gasteiger partial charge in [0.1, 0.15) is 0 Å². The second-order valence-corrected chi connectivity index (χ2v) is 8.39. The Bertz CT molecular complexity index is 1120. The summed E-state index contributed by atoms with van der Waals surface area (Å²) in [5.41, 5.74) is 1.35. The Morgan fingerprint density at radius 3 is 2.41 bits per heavy atom. The highest BCUT2D eigenvalue weighted by Gasteiger charge is 2.35. The van der Waals surface area contributed by atoms with Crippen molar-refractivity contribution in [1.29, 1.82) is 0 Å². The summed E-state index contributed by atoms with van der Waals surface area (Å²) in [6.07, 6.45) is 1.55. The van der Waals surface area contributed by atoms with E-state index in [1.165, 1.54) is 35.2 Å². The summed E-state index contributed by atoms with van der Waals surface area (Å²) in [6.45, 7) is 3.90. The third-order valence-corrected chi connectivity index (χ3v) is 5.77. The minimum Gasteiger partial charge on any atom is -0.322 e. The van der Waals surface area contributed by atoms with Crippen LogP contribution in [0.3, 0.4) is 0 Å². The predicted molar refractivity (Wildman–Crippen MR) is 107 cm³/mol. The molecule has 1 aliphatic rings. The number of hydrogen-bond donors (Lipinski definition) is 2. The highest BCUT2D eigenvalue weighted by Crippen LogP contribution is 2.25. The zero-order chi connectivity index (χ0) is 21.3. The van der Waals surface area contributed by atoms with Gasteiger partial charge in [0.2, 0.25) is 10.0 Å². The van der Waals surface area contributed by atoms with Crippen LogP contribution in [0.15, 0.2) is 41.3 Å². The molecule has 0 unspecified atom stereocenters. The molecule has 2 aromatic carbocycles. The summed E-state index contributed by atoms with van der Waals surface area (Å²) in [5.74, 6) is -1.31. The van der Waals surface area contributed by atoms with Crippen LogP contribution in [0, 0.1) is 6.92 Å². The number of unbranched alkanes of at least 4 members (excludes halogenated alkanes) is 1. The number of carbonyl (C=O) groups is 3. The SMILES string of the molecule is CCCCN1C(=O)c2ccc(C(=O)Nc3ccc(C)c(S(N)(=O)=O)c3)cc2C1=O. The molecule has 1 heterocycles. The van der Waals surface area contributed by atoms with Crippen LogP contribution in [-0.4, -0.2) is 37.6 Å². The Kier molecular flexibility index (Phi) is 5.54. The number of nitrogens with two attached hydrogens (primary N) is 1. The van der Waals surface area contributed by atoms with Crippen molar-refractivity contribution in [1.82, 2.24) is 4.90 Å². The number of primary sulfonamides is 1. The number of carbonyl (C=O) groups excluding carboxylic acids is 3. The van der Waals surface area contributed by atoms with Crippen molar-refractivity contribution in [2.24, 2.45) is 5.14 Å². The Morgan fingerprint density at radius 1 is 1.07 bits per heavy atom. The summed E-state index contributed by atoms with van der Waals surface area (Å²) in [4.78, 5) is 38.6. The first kappa shape index (κ1) is 20.7. The van der Waals surface area contributed by atoms with Gasteiger partial charge in [0.05, 0.1) is 16.0 Å². The molecule has 9 heteroatoms. The molecule has 0 radical (unpaired) electrons. The molecule has 3 amide bonds. The van der Waals surface area contributed by atoms with Crippen LogP contribution in [0.4, 0.5) is 5.69 Å². The highest BCUT2D eigenvalue weighted by molar-refractivity contribution is 7.89. The molecular weight excluding hydrogens is 394 g/mol. The highest BCUT2D eigenvalue weighted by atomic mass is 32.2. The maximum Gasteiger partial charge on any atom is 0.261 e. The summed E-state index contributed by atoms with van der Waals surface area (Å²) in [5, 5.41) is 7.78. The number of hydrogen-bond acceptors (Lipinski definition) is 5. The molecule has 0 saturated heterocycles. The number of nitrogens with one attached hydrogen (secondary N) is 1. The lowest BCUT2D eigenvalue weighted by atomic mass is 10.1. The Balaban J connectivity index is 1.85. The van der Waals surface area contributed by atoms with Gasteiger partial charge in [0.25, 0.3) is 17.7 Å². The number of amides is 3. The van der Waals surface area contributed by atoms with E-state index >= 15 is 0 Å². The normalized spacial score (nSPS) is 13.6. The number of anilines is 1. The third kappa shape index (κ3) is 4.06. The van der Waals surface area contributed by atoms with Crippen LogP contribution in [-0.2, 0) is 10.0 Å². The molecule has 0 fully saturated rings. The van der Waals surface area contributed by atoms with E-state index in [1.54, 1.807) is 13.0 Å². The van der Waals surface area contributed by atoms with Crippen LogP contribution in [0.25, 0.3) is 0 Å². The lowest BCUT2D eigenvalue weighted by molar-refractivity contribution is 0.0652. The molecule has 3 rings (SSSR count). The molecule has 2 aromatic rings. The van der Waals surface area contributed by atoms with Crippen molar-refractivity contribution in [2.75, 3.05) is 11.9 Å². The van der Waals surface area contributed by atoms with Crippen LogP contribution < -0.4 is 10.5 Å². The van der Waals surface area contributed by atoms with Crippen molar-refractivity contribution in [2.45, 2.75) is 31.6 Å². The minimum absolute atomic E-state index is 0.0865. The number of sulfonamides is 1. The number of fused-ring (bicyclic) bond motifs is 1. The Labute approximate surface area is 168 Å². The van der Waals surface area contributed by atoms with Crippen molar-refractivity contribution >= 4 is 33.4 Å². The van der Waals surface area contributed by atoms with Gasteiger partial charge in [-0.1, -0.05) is 19.4 Å². The van der Waals surface area contributed by atoms with Gasteiger partial charge in [-0.25, -0.2) is 13.6 Å². The smallest absolute Gasteiger partial charge is 0.261 e. The second kappa shape index (κ2) is 7.76. The van der Waals surface area contributed by atoms with Gasteiger partial charge in [-0.3, -0.25) is 19.3 Å². The van der Waals surface area contributed by atoms with Crippen LogP contribution in [0.1, 0.15) is 56.4 Å². The van der Waals surface area contributed by atoms with Crippen molar-refractivity contribution in [3.05, 3.63) is 58.7 Å². The Hall–Kier alpha value is -3.04. The van der Waals surface area contributed by atoms with Gasteiger partial charge in [-0.15, -0.1) is 0 Å². The molecule has 0 aromatic heterocycles. The molecule has 29 heavy (non-hydrogen) atoms. The van der Waals surface area contributed by atoms with Gasteiger partial charge in [0.15, 0.2) is 0 Å². The van der Waals surface area contributed by atoms with E-state index in [0.29, 0.717) is 18.5 Å². The maximum absolute atomic E-state index is 12.6. The quantitative estimate of drug-likeness (QED) is 0.700. The van der Waals surface area contributed by atoms with Crippen molar-refractivity contribution in [3.63, 3.8) is 0 Å². The summed E-state index contributed by atoms with van der Waals surface area (Å²) < 4.78 is 23.3. The lowest BCUT2D eigenvalue weighted by Gasteiger charge is -2.12. The van der Waals surface area contributed by atoms with Gasteiger partial charge in [-0.05, 0) is 49.2 Å². The average molecular weight is 415 g/mol. The molecule has 0 aliphatic carbocycles. The topological polar surface area (TPSA) is 127 Å². The first-order valence-corrected chi connectivity index (χ1v) is 10.6. The number of rotatable bonds is 6. The number of nitrogens with zero attached hydrogens (tertiary/aromatic N) is 1. The number of aryl methyl sites for hydroxylation is 1. The standard InChI is InChI=1S/C20H21N3O5S/c1-3-4-9-23-19(25)15-8-6-13(10-16(15)20(23)26)18(24)22-14-7-5-12(2)17(11-14)29(21,27)28/h5-8,10-11H,3-4,9H2,1-2H3,(H,22,24)(H2,21,27,28). The molecule has 3 N–H and O–H groups in total. The molecule has 0 saturated carbocycles. The van der Waals surface area contributed by atoms with Crippen LogP contribution >= 0.6 is 0 Å². The molecule has 0 spiro atoms. The molecule has 0 bridgehead atoms. The average Bonchev–Trinajstić information content (AvgIpc) is 2.90. The molecule has 8 nitrogen and oxygen atoms in total. The minimum atomic E-state index is -3.93. The summed E-state index contributed by atoms with van der Waals surface area (Å²) in [7, 11) is -3.93. The monoisotopic (exact) mass is 415 g/mol. The number of benzene rings is 2. The molecule has 1 aliphatic heterocycles. The van der Waals surface area contributed by atoms with Gasteiger partial charge >= 0.3 is 0 Å². The fourth-order valence-electron chi connectivity index (χ4n) is 3.14. The first-order valence-electron chi connectivity index (χ1n) is 9.08. The molecule has 152 valence electrons. The Morgan fingerprint density at radius 2 is 1.76 bits per heavy atom. The summed E-state index contributed by atoms with van der Waals surface area (Å²) >= 11 is 0. The van der Waals surface area contributed by atoms with Gasteiger partial charge < -0.3 is 5.32 Å². The number of imide groups is 1. The second-order valence-electron chi connectivity index (χ2n) is 6.86. The van der Waals surface area contributed by atoms with E-state index in [-0.39, 0.29) is 33.2 Å². The lowest BCUT2D eigenvalue weighted by Crippen LogP contribution is -2.30. The maximum atomic E-state index is 12.6. The largest absolute Gasteiger partial charge is 0.322 e. The van der Waals surface area contributed by atoms with E-state index < -0.39 is 21.8 Å². The first-order chi connectivity index (χ1) is 13.6. The van der Waals surface area contributed by atoms with E-state index in [2.05, 4.69) is 5.32 Å². The third-order valence-electron chi connectivity index (χ3n) is 4.72. The van der Waals surface area contributed by atoms with Crippen molar-refractivity contribution in [3.8, 4) is 0 Å². The van der Waals surface area contributed by atoms with Crippen molar-refractivity contribution < 1.29 is 22.8 Å². The van der Waals surface area contributed by atoms with E-state index in [9.17, 15) is 22.8 Å². The molecular formula is C20H21N3O5S. The van der Waals surface area contributed by atoms with Gasteiger partial charge in [0, 0.05) is 17.8 Å². The van der Waals surface area contributed by atoms with Crippen LogP contribution in [0.5, 0.6) is 0 Å². The molecule has 0 atom stereocenters. The fraction of sp³-hybridized carbons (Fsp3) is 0.250. The summed E-state index contributed by atoms with van der Waals surface area (Å²) in [6, 6.07) is 8.66. The van der Waals surface area contributed by atoms with Gasteiger partial charge in [-0.2, -0.15) is 0 Å². The zero-order valence-electron chi connectivity index (χ0n) is 16.1. The zero-order valence-corrected chi connectivity index (χ0v) is 16.9.